The molecule has 2 aliphatic carbocycles. The number of rotatable bonds is 4. The third kappa shape index (κ3) is 2.33. The third-order valence-corrected chi connectivity index (χ3v) is 3.82. The predicted molar refractivity (Wildman–Crippen MR) is 60.2 cm³/mol. The molecule has 0 radical (unpaired) electrons. The Hall–Kier alpha value is -0.570. The Morgan fingerprint density at radius 3 is 2.53 bits per heavy atom. The summed E-state index contributed by atoms with van der Waals surface area (Å²) in [7, 11) is 0. The van der Waals surface area contributed by atoms with Crippen LogP contribution >= 0.6 is 0 Å². The van der Waals surface area contributed by atoms with Crippen LogP contribution in [-0.2, 0) is 4.79 Å². The van der Waals surface area contributed by atoms with Crippen molar-refractivity contribution >= 4 is 5.91 Å². The minimum absolute atomic E-state index is 0.166. The lowest BCUT2D eigenvalue weighted by molar-refractivity contribution is -0.123. The molecule has 2 saturated carbocycles. The van der Waals surface area contributed by atoms with Gasteiger partial charge in [0.2, 0.25) is 5.91 Å². The summed E-state index contributed by atoms with van der Waals surface area (Å²) in [5.74, 6) is 2.05. The SMILES string of the molecule is CC(N)CC(C)NC(=O)C1C2CCCC21. The van der Waals surface area contributed by atoms with Gasteiger partial charge in [-0.3, -0.25) is 4.79 Å². The van der Waals surface area contributed by atoms with Gasteiger partial charge in [-0.25, -0.2) is 0 Å². The van der Waals surface area contributed by atoms with Crippen LogP contribution in [0.5, 0.6) is 0 Å². The first-order valence-corrected chi connectivity index (χ1v) is 6.15. The summed E-state index contributed by atoms with van der Waals surface area (Å²) in [6, 6.07) is 0.387. The maximum absolute atomic E-state index is 11.9. The first kappa shape index (κ1) is 10.9. The quantitative estimate of drug-likeness (QED) is 0.734. The molecule has 86 valence electrons. The van der Waals surface area contributed by atoms with E-state index in [4.69, 9.17) is 5.73 Å². The molecular formula is C12H22N2O. The first-order chi connectivity index (χ1) is 7.09. The molecule has 0 aromatic rings. The Morgan fingerprint density at radius 2 is 2.00 bits per heavy atom. The van der Waals surface area contributed by atoms with Crippen molar-refractivity contribution in [1.29, 1.82) is 0 Å². The Bertz CT molecular complexity index is 242. The fourth-order valence-electron chi connectivity index (χ4n) is 3.17. The predicted octanol–water partition coefficient (Wildman–Crippen LogP) is 1.27. The summed E-state index contributed by atoms with van der Waals surface area (Å²) in [6.07, 6.45) is 4.73. The smallest absolute Gasteiger partial charge is 0.223 e. The molecule has 0 spiro atoms. The van der Waals surface area contributed by atoms with Crippen molar-refractivity contribution in [3.63, 3.8) is 0 Å². The molecule has 0 aliphatic heterocycles. The maximum Gasteiger partial charge on any atom is 0.223 e. The zero-order valence-corrected chi connectivity index (χ0v) is 9.70. The first-order valence-electron chi connectivity index (χ1n) is 6.15. The molecule has 0 heterocycles. The van der Waals surface area contributed by atoms with Crippen LogP contribution < -0.4 is 11.1 Å². The molecule has 1 amide bonds. The van der Waals surface area contributed by atoms with Gasteiger partial charge in [0.1, 0.15) is 0 Å². The summed E-state index contributed by atoms with van der Waals surface area (Å²) in [5.41, 5.74) is 5.70. The van der Waals surface area contributed by atoms with Crippen LogP contribution in [0.2, 0.25) is 0 Å². The fraction of sp³-hybridized carbons (Fsp3) is 0.917. The van der Waals surface area contributed by atoms with Gasteiger partial charge in [-0.2, -0.15) is 0 Å². The van der Waals surface area contributed by atoms with Crippen LogP contribution in [0, 0.1) is 17.8 Å². The van der Waals surface area contributed by atoms with Gasteiger partial charge in [0, 0.05) is 18.0 Å². The molecule has 0 aromatic heterocycles. The monoisotopic (exact) mass is 210 g/mol. The van der Waals surface area contributed by atoms with Gasteiger partial charge in [-0.05, 0) is 44.9 Å². The normalized spacial score (nSPS) is 36.9. The highest BCUT2D eigenvalue weighted by Gasteiger charge is 2.56. The van der Waals surface area contributed by atoms with Crippen molar-refractivity contribution in [3.05, 3.63) is 0 Å². The molecule has 2 fully saturated rings. The second-order valence-electron chi connectivity index (χ2n) is 5.41. The molecule has 2 rings (SSSR count). The molecule has 2 aliphatic rings. The van der Waals surface area contributed by atoms with Gasteiger partial charge in [0.15, 0.2) is 0 Å². The topological polar surface area (TPSA) is 55.1 Å². The van der Waals surface area contributed by atoms with Crippen molar-refractivity contribution in [2.45, 2.75) is 51.6 Å². The van der Waals surface area contributed by atoms with Crippen molar-refractivity contribution in [3.8, 4) is 0 Å². The molecule has 15 heavy (non-hydrogen) atoms. The van der Waals surface area contributed by atoms with Crippen LogP contribution in [0.1, 0.15) is 39.5 Å². The van der Waals surface area contributed by atoms with E-state index in [1.54, 1.807) is 0 Å². The van der Waals surface area contributed by atoms with E-state index < -0.39 is 0 Å². The third-order valence-electron chi connectivity index (χ3n) is 3.82. The number of hydrogen-bond donors (Lipinski definition) is 2. The zero-order chi connectivity index (χ0) is 11.0. The number of nitrogens with two attached hydrogens (primary N) is 1. The van der Waals surface area contributed by atoms with Crippen LogP contribution in [0.25, 0.3) is 0 Å². The van der Waals surface area contributed by atoms with Gasteiger partial charge in [0.25, 0.3) is 0 Å². The standard InChI is InChI=1S/C12H22N2O/c1-7(13)6-8(2)14-12(15)11-9-4-3-5-10(9)11/h7-11H,3-6,13H2,1-2H3,(H,14,15). The summed E-state index contributed by atoms with van der Waals surface area (Å²) in [5, 5.41) is 3.08. The number of nitrogens with one attached hydrogen (secondary N) is 1. The van der Waals surface area contributed by atoms with E-state index in [0.717, 1.165) is 6.42 Å². The second-order valence-corrected chi connectivity index (χ2v) is 5.41. The van der Waals surface area contributed by atoms with E-state index in [2.05, 4.69) is 5.32 Å². The summed E-state index contributed by atoms with van der Waals surface area (Å²) >= 11 is 0. The molecule has 0 bridgehead atoms. The molecule has 4 unspecified atom stereocenters. The number of carbonyl (C=O) groups excluding carboxylic acids is 1. The maximum atomic E-state index is 11.9. The van der Waals surface area contributed by atoms with Gasteiger partial charge in [0.05, 0.1) is 0 Å². The highest BCUT2D eigenvalue weighted by molar-refractivity contribution is 5.82. The van der Waals surface area contributed by atoms with Gasteiger partial charge < -0.3 is 11.1 Å². The zero-order valence-electron chi connectivity index (χ0n) is 9.70. The summed E-state index contributed by atoms with van der Waals surface area (Å²) in [6.45, 7) is 4.02. The molecule has 3 nitrogen and oxygen atoms in total. The van der Waals surface area contributed by atoms with Crippen molar-refractivity contribution in [2.24, 2.45) is 23.5 Å². The largest absolute Gasteiger partial charge is 0.353 e. The van der Waals surface area contributed by atoms with E-state index in [1.165, 1.54) is 19.3 Å². The second kappa shape index (κ2) is 4.12. The van der Waals surface area contributed by atoms with Gasteiger partial charge in [-0.15, -0.1) is 0 Å². The Balaban J connectivity index is 1.74. The van der Waals surface area contributed by atoms with Gasteiger partial charge >= 0.3 is 0 Å². The lowest BCUT2D eigenvalue weighted by Crippen LogP contribution is -2.38. The highest BCUT2D eigenvalue weighted by atomic mass is 16.2. The van der Waals surface area contributed by atoms with E-state index in [-0.39, 0.29) is 18.0 Å². The molecular weight excluding hydrogens is 188 g/mol. The lowest BCUT2D eigenvalue weighted by atomic mass is 10.1. The van der Waals surface area contributed by atoms with E-state index in [1.807, 2.05) is 13.8 Å². The van der Waals surface area contributed by atoms with Crippen molar-refractivity contribution in [1.82, 2.24) is 5.32 Å². The fourth-order valence-corrected chi connectivity index (χ4v) is 3.17. The summed E-state index contributed by atoms with van der Waals surface area (Å²) < 4.78 is 0. The number of hydrogen-bond acceptors (Lipinski definition) is 2. The Labute approximate surface area is 91.8 Å². The van der Waals surface area contributed by atoms with Crippen LogP contribution in [0.3, 0.4) is 0 Å². The Kier molecular flexibility index (Phi) is 3.01. The van der Waals surface area contributed by atoms with E-state index in [0.29, 0.717) is 17.8 Å². The van der Waals surface area contributed by atoms with Crippen LogP contribution in [-0.4, -0.2) is 18.0 Å². The van der Waals surface area contributed by atoms with Gasteiger partial charge in [-0.1, -0.05) is 6.42 Å². The molecule has 0 saturated heterocycles. The lowest BCUT2D eigenvalue weighted by Gasteiger charge is -2.16. The molecule has 3 heteroatoms. The molecule has 0 aromatic carbocycles. The van der Waals surface area contributed by atoms with E-state index in [9.17, 15) is 4.79 Å². The summed E-state index contributed by atoms with van der Waals surface area (Å²) in [4.78, 5) is 11.9. The number of carbonyl (C=O) groups is 1. The van der Waals surface area contributed by atoms with Crippen molar-refractivity contribution < 1.29 is 4.79 Å². The number of fused-ring (bicyclic) bond motifs is 1. The van der Waals surface area contributed by atoms with E-state index >= 15 is 0 Å². The molecule has 4 atom stereocenters. The minimum atomic E-state index is 0.166. The number of amides is 1. The van der Waals surface area contributed by atoms with Crippen LogP contribution in [0.15, 0.2) is 0 Å². The van der Waals surface area contributed by atoms with Crippen LogP contribution in [0.4, 0.5) is 0 Å². The highest BCUT2D eigenvalue weighted by Crippen LogP contribution is 2.57. The Morgan fingerprint density at radius 1 is 1.40 bits per heavy atom. The average molecular weight is 210 g/mol. The van der Waals surface area contributed by atoms with Crippen molar-refractivity contribution in [2.75, 3.05) is 0 Å². The average Bonchev–Trinajstić information content (AvgIpc) is 2.59. The molecule has 3 N–H and O–H groups in total. The minimum Gasteiger partial charge on any atom is -0.353 e.